The van der Waals surface area contributed by atoms with Crippen LogP contribution in [0.25, 0.3) is 0 Å². The summed E-state index contributed by atoms with van der Waals surface area (Å²) < 4.78 is 4.42. The first kappa shape index (κ1) is 13.9. The minimum absolute atomic E-state index is 0.00391. The number of nitrogens with one attached hydrogen (secondary N) is 1. The molecule has 1 saturated heterocycles. The van der Waals surface area contributed by atoms with E-state index in [0.717, 1.165) is 12.8 Å². The van der Waals surface area contributed by atoms with Crippen LogP contribution in [-0.2, 0) is 9.53 Å². The number of carbonyl (C=O) groups is 1. The molecule has 1 rings (SSSR count). The third-order valence-corrected chi connectivity index (χ3v) is 3.28. The van der Waals surface area contributed by atoms with Gasteiger partial charge in [0.05, 0.1) is 0 Å². The van der Waals surface area contributed by atoms with Gasteiger partial charge in [0.1, 0.15) is 6.10 Å². The van der Waals surface area contributed by atoms with Gasteiger partial charge in [-0.3, -0.25) is 0 Å². The molecule has 2 atom stereocenters. The van der Waals surface area contributed by atoms with E-state index in [0.29, 0.717) is 12.1 Å². The van der Waals surface area contributed by atoms with Crippen molar-refractivity contribution < 1.29 is 9.53 Å². The Labute approximate surface area is 115 Å². The highest BCUT2D eigenvalue weighted by atomic mass is 80.0. The smallest absolute Gasteiger partial charge is 0.345 e. The summed E-state index contributed by atoms with van der Waals surface area (Å²) in [5.74, 6) is -0.339. The number of hydrogen-bond acceptors (Lipinski definition) is 3. The fraction of sp³-hybridized carbons (Fsp3) is 0.889. The molecule has 6 heteroatoms. The van der Waals surface area contributed by atoms with Gasteiger partial charge in [-0.15, -0.1) is 0 Å². The highest BCUT2D eigenvalue weighted by Crippen LogP contribution is 2.35. The largest absolute Gasteiger partial charge is 0.460 e. The second-order valence-electron chi connectivity index (χ2n) is 3.97. The number of halogens is 3. The lowest BCUT2D eigenvalue weighted by Gasteiger charge is -2.33. The molecule has 0 aromatic carbocycles. The van der Waals surface area contributed by atoms with E-state index >= 15 is 0 Å². The third-order valence-electron chi connectivity index (χ3n) is 2.31. The highest BCUT2D eigenvalue weighted by Gasteiger charge is 2.34. The van der Waals surface area contributed by atoms with E-state index in [1.54, 1.807) is 0 Å². The summed E-state index contributed by atoms with van der Waals surface area (Å²) >= 11 is 9.43. The molecule has 0 saturated carbocycles. The van der Waals surface area contributed by atoms with Gasteiger partial charge in [-0.25, -0.2) is 4.79 Å². The topological polar surface area (TPSA) is 38.3 Å². The lowest BCUT2D eigenvalue weighted by atomic mass is 9.98. The Bertz CT molecular complexity index is 232. The molecule has 15 heavy (non-hydrogen) atoms. The molecule has 0 spiro atoms. The summed E-state index contributed by atoms with van der Waals surface area (Å²) in [5.41, 5.74) is 0. The number of carbonyl (C=O) groups excluding carboxylic acids is 1. The van der Waals surface area contributed by atoms with E-state index in [1.165, 1.54) is 0 Å². The van der Waals surface area contributed by atoms with Gasteiger partial charge >= 0.3 is 5.97 Å². The average molecular weight is 408 g/mol. The molecule has 2 unspecified atom stereocenters. The van der Waals surface area contributed by atoms with Crippen LogP contribution < -0.4 is 5.32 Å². The van der Waals surface area contributed by atoms with Crippen LogP contribution >= 0.6 is 47.8 Å². The third kappa shape index (κ3) is 4.71. The monoisotopic (exact) mass is 405 g/mol. The predicted molar refractivity (Wildman–Crippen MR) is 70.7 cm³/mol. The predicted octanol–water partition coefficient (Wildman–Crippen LogP) is 2.90. The maximum Gasteiger partial charge on any atom is 0.345 e. The van der Waals surface area contributed by atoms with Crippen LogP contribution in [0.4, 0.5) is 0 Å². The molecule has 1 N–H and O–H groups in total. The number of hydrogen-bond donors (Lipinski definition) is 1. The van der Waals surface area contributed by atoms with Crippen molar-refractivity contribution in [3.8, 4) is 0 Å². The molecular weight excluding hydrogens is 394 g/mol. The van der Waals surface area contributed by atoms with E-state index in [2.05, 4.69) is 67.0 Å². The Balaban J connectivity index is 2.48. The lowest BCUT2D eigenvalue weighted by Crippen LogP contribution is -2.46. The summed E-state index contributed by atoms with van der Waals surface area (Å²) in [5, 5.41) is 3.39. The first-order valence-electron chi connectivity index (χ1n) is 4.83. The van der Waals surface area contributed by atoms with Crippen molar-refractivity contribution in [1.82, 2.24) is 5.32 Å². The van der Waals surface area contributed by atoms with E-state index < -0.39 is 2.14 Å². The Morgan fingerprint density at radius 3 is 2.13 bits per heavy atom. The maximum atomic E-state index is 11.6. The summed E-state index contributed by atoms with van der Waals surface area (Å²) in [6, 6.07) is 0.781. The van der Waals surface area contributed by atoms with Gasteiger partial charge in [-0.2, -0.15) is 0 Å². The molecule has 1 aliphatic heterocycles. The Morgan fingerprint density at radius 2 is 1.73 bits per heavy atom. The maximum absolute atomic E-state index is 11.6. The van der Waals surface area contributed by atoms with Gasteiger partial charge in [-0.1, -0.05) is 0 Å². The van der Waals surface area contributed by atoms with Crippen LogP contribution in [0.3, 0.4) is 0 Å². The van der Waals surface area contributed by atoms with Crippen molar-refractivity contribution in [2.75, 3.05) is 0 Å². The normalized spacial score (nSPS) is 32.5. The molecule has 0 aliphatic carbocycles. The number of rotatable bonds is 1. The molecule has 0 bridgehead atoms. The fourth-order valence-corrected chi connectivity index (χ4v) is 2.10. The van der Waals surface area contributed by atoms with Gasteiger partial charge < -0.3 is 10.1 Å². The van der Waals surface area contributed by atoms with Crippen molar-refractivity contribution in [2.45, 2.75) is 47.0 Å². The van der Waals surface area contributed by atoms with Crippen molar-refractivity contribution in [1.29, 1.82) is 0 Å². The summed E-state index contributed by atoms with van der Waals surface area (Å²) in [7, 11) is 0. The molecule has 3 nitrogen and oxygen atoms in total. The summed E-state index contributed by atoms with van der Waals surface area (Å²) in [4.78, 5) is 11.6. The van der Waals surface area contributed by atoms with Gasteiger partial charge in [-0.05, 0) is 74.5 Å². The minimum Gasteiger partial charge on any atom is -0.460 e. The number of ether oxygens (including phenoxy) is 1. The Kier molecular flexibility index (Phi) is 5.08. The summed E-state index contributed by atoms with van der Waals surface area (Å²) in [6.45, 7) is 4.19. The number of esters is 1. The van der Waals surface area contributed by atoms with Crippen molar-refractivity contribution in [3.05, 3.63) is 0 Å². The zero-order valence-corrected chi connectivity index (χ0v) is 13.4. The highest BCUT2D eigenvalue weighted by molar-refractivity contribution is 9.40. The Hall–Kier alpha value is 0.870. The molecule has 1 aliphatic rings. The van der Waals surface area contributed by atoms with E-state index in [9.17, 15) is 4.79 Å². The van der Waals surface area contributed by atoms with Gasteiger partial charge in [0.2, 0.25) is 2.14 Å². The standard InChI is InChI=1S/C9H14Br3NO2/c1-5-3-7(4-6(2)13-5)15-8(14)9(10,11)12/h5-7,13H,3-4H2,1-2H3. The van der Waals surface area contributed by atoms with E-state index in [1.807, 2.05) is 0 Å². The van der Waals surface area contributed by atoms with Gasteiger partial charge in [0, 0.05) is 12.1 Å². The van der Waals surface area contributed by atoms with Crippen molar-refractivity contribution >= 4 is 53.8 Å². The van der Waals surface area contributed by atoms with Gasteiger partial charge in [0.15, 0.2) is 0 Å². The molecule has 0 aromatic heterocycles. The quantitative estimate of drug-likeness (QED) is 0.536. The zero-order valence-electron chi connectivity index (χ0n) is 8.60. The molecule has 0 aromatic rings. The van der Waals surface area contributed by atoms with Crippen LogP contribution in [0.2, 0.25) is 0 Å². The molecule has 0 radical (unpaired) electrons. The van der Waals surface area contributed by atoms with Crippen LogP contribution in [-0.4, -0.2) is 26.3 Å². The van der Waals surface area contributed by atoms with Crippen LogP contribution in [0.1, 0.15) is 26.7 Å². The van der Waals surface area contributed by atoms with Gasteiger partial charge in [0.25, 0.3) is 0 Å². The van der Waals surface area contributed by atoms with E-state index in [4.69, 9.17) is 4.74 Å². The SMILES string of the molecule is CC1CC(OC(=O)C(Br)(Br)Br)CC(C)N1. The fourth-order valence-electron chi connectivity index (χ4n) is 1.82. The van der Waals surface area contributed by atoms with Crippen molar-refractivity contribution in [3.63, 3.8) is 0 Å². The van der Waals surface area contributed by atoms with Crippen molar-refractivity contribution in [2.24, 2.45) is 0 Å². The average Bonchev–Trinajstić information content (AvgIpc) is 1.99. The first-order valence-corrected chi connectivity index (χ1v) is 7.20. The molecule has 1 fully saturated rings. The van der Waals surface area contributed by atoms with Crippen LogP contribution in [0, 0.1) is 0 Å². The lowest BCUT2D eigenvalue weighted by molar-refractivity contribution is -0.148. The molecular formula is C9H14Br3NO2. The minimum atomic E-state index is -0.954. The molecule has 1 heterocycles. The van der Waals surface area contributed by atoms with Crippen LogP contribution in [0.15, 0.2) is 0 Å². The number of piperidine rings is 1. The second kappa shape index (κ2) is 5.47. The molecule has 88 valence electrons. The number of alkyl halides is 3. The Morgan fingerprint density at radius 1 is 1.27 bits per heavy atom. The summed E-state index contributed by atoms with van der Waals surface area (Å²) in [6.07, 6.45) is 1.72. The first-order chi connectivity index (χ1) is 6.79. The second-order valence-corrected chi connectivity index (χ2v) is 10.7. The molecule has 0 amide bonds. The van der Waals surface area contributed by atoms with Crippen LogP contribution in [0.5, 0.6) is 0 Å². The zero-order chi connectivity index (χ0) is 11.6. The van der Waals surface area contributed by atoms with E-state index in [-0.39, 0.29) is 12.1 Å².